The van der Waals surface area contributed by atoms with E-state index in [-0.39, 0.29) is 11.4 Å². The summed E-state index contributed by atoms with van der Waals surface area (Å²) in [7, 11) is 1.60. The second-order valence-corrected chi connectivity index (χ2v) is 6.69. The summed E-state index contributed by atoms with van der Waals surface area (Å²) in [6.07, 6.45) is 0.427. The van der Waals surface area contributed by atoms with E-state index in [4.69, 9.17) is 4.74 Å². The highest BCUT2D eigenvalue weighted by atomic mass is 79.9. The first-order valence-electron chi connectivity index (χ1n) is 6.62. The summed E-state index contributed by atoms with van der Waals surface area (Å²) in [5.41, 5.74) is 1.72. The Bertz CT molecular complexity index is 481. The van der Waals surface area contributed by atoms with Gasteiger partial charge in [0.2, 0.25) is 5.91 Å². The first-order valence-corrected chi connectivity index (χ1v) is 7.41. The Labute approximate surface area is 129 Å². The Morgan fingerprint density at radius 1 is 1.35 bits per heavy atom. The molecule has 0 heterocycles. The van der Waals surface area contributed by atoms with Gasteiger partial charge in [0.15, 0.2) is 0 Å². The van der Waals surface area contributed by atoms with Gasteiger partial charge in [0.1, 0.15) is 5.75 Å². The minimum absolute atomic E-state index is 0.0193. The number of hydrogen-bond acceptors (Lipinski definition) is 3. The predicted octanol–water partition coefficient (Wildman–Crippen LogP) is 3.48. The fourth-order valence-electron chi connectivity index (χ4n) is 1.79. The Morgan fingerprint density at radius 2 is 2.00 bits per heavy atom. The number of carbonyl (C=O) groups excluding carboxylic acids is 1. The van der Waals surface area contributed by atoms with Gasteiger partial charge in [-0.25, -0.2) is 0 Å². The van der Waals surface area contributed by atoms with Crippen LogP contribution in [0.15, 0.2) is 16.6 Å². The van der Waals surface area contributed by atoms with Crippen molar-refractivity contribution in [2.24, 2.45) is 0 Å². The minimum Gasteiger partial charge on any atom is -0.495 e. The molecule has 112 valence electrons. The molecule has 0 aliphatic carbocycles. The van der Waals surface area contributed by atoms with Crippen LogP contribution in [0.1, 0.15) is 32.8 Å². The number of halogens is 1. The van der Waals surface area contributed by atoms with Gasteiger partial charge in [0.05, 0.1) is 12.8 Å². The summed E-state index contributed by atoms with van der Waals surface area (Å²) in [6.45, 7) is 8.82. The number of benzene rings is 1. The van der Waals surface area contributed by atoms with Crippen LogP contribution in [0.4, 0.5) is 5.69 Å². The van der Waals surface area contributed by atoms with Crippen LogP contribution in [-0.2, 0) is 4.79 Å². The van der Waals surface area contributed by atoms with Crippen molar-refractivity contribution >= 4 is 27.5 Å². The van der Waals surface area contributed by atoms with E-state index in [1.165, 1.54) is 0 Å². The molecular weight excluding hydrogens is 320 g/mol. The molecule has 0 saturated carbocycles. The molecule has 0 aliphatic rings. The van der Waals surface area contributed by atoms with Crippen molar-refractivity contribution in [2.45, 2.75) is 39.7 Å². The molecule has 1 aromatic rings. The number of carbonyl (C=O) groups is 1. The van der Waals surface area contributed by atoms with E-state index in [1.54, 1.807) is 7.11 Å². The molecule has 0 fully saturated rings. The van der Waals surface area contributed by atoms with Gasteiger partial charge in [-0.1, -0.05) is 15.9 Å². The van der Waals surface area contributed by atoms with Gasteiger partial charge >= 0.3 is 0 Å². The predicted molar refractivity (Wildman–Crippen MR) is 86.4 cm³/mol. The molecule has 1 rings (SSSR count). The maximum absolute atomic E-state index is 12.0. The van der Waals surface area contributed by atoms with Crippen LogP contribution in [0, 0.1) is 6.92 Å². The minimum atomic E-state index is -0.0227. The summed E-state index contributed by atoms with van der Waals surface area (Å²) in [6, 6.07) is 3.79. The molecule has 0 aromatic heterocycles. The molecule has 0 unspecified atom stereocenters. The lowest BCUT2D eigenvalue weighted by Gasteiger charge is -2.20. The zero-order chi connectivity index (χ0) is 15.3. The SMILES string of the molecule is COc1cc(Br)cc(C)c1NC(=O)CCNC(C)(C)C. The third kappa shape index (κ3) is 5.51. The van der Waals surface area contributed by atoms with Crippen molar-refractivity contribution in [3.63, 3.8) is 0 Å². The first kappa shape index (κ1) is 17.0. The molecule has 0 radical (unpaired) electrons. The van der Waals surface area contributed by atoms with Crippen molar-refractivity contribution in [1.29, 1.82) is 0 Å². The fraction of sp³-hybridized carbons (Fsp3) is 0.533. The van der Waals surface area contributed by atoms with Crippen molar-refractivity contribution < 1.29 is 9.53 Å². The third-order valence-electron chi connectivity index (χ3n) is 2.76. The van der Waals surface area contributed by atoms with Gasteiger partial charge in [-0.3, -0.25) is 4.79 Å². The lowest BCUT2D eigenvalue weighted by Crippen LogP contribution is -2.37. The first-order chi connectivity index (χ1) is 9.23. The molecule has 4 nitrogen and oxygen atoms in total. The van der Waals surface area contributed by atoms with E-state index in [1.807, 2.05) is 19.1 Å². The molecule has 0 bridgehead atoms. The lowest BCUT2D eigenvalue weighted by molar-refractivity contribution is -0.116. The molecule has 20 heavy (non-hydrogen) atoms. The third-order valence-corrected chi connectivity index (χ3v) is 3.21. The maximum atomic E-state index is 12.0. The summed E-state index contributed by atoms with van der Waals surface area (Å²) in [5.74, 6) is 0.638. The van der Waals surface area contributed by atoms with Gasteiger partial charge in [0, 0.05) is 23.0 Å². The van der Waals surface area contributed by atoms with Gasteiger partial charge in [-0.15, -0.1) is 0 Å². The topological polar surface area (TPSA) is 50.4 Å². The molecule has 5 heteroatoms. The fourth-order valence-corrected chi connectivity index (χ4v) is 2.34. The second kappa shape index (κ2) is 7.09. The van der Waals surface area contributed by atoms with Crippen molar-refractivity contribution in [2.75, 3.05) is 19.0 Å². The number of hydrogen-bond donors (Lipinski definition) is 2. The quantitative estimate of drug-likeness (QED) is 0.861. The molecule has 2 N–H and O–H groups in total. The monoisotopic (exact) mass is 342 g/mol. The zero-order valence-electron chi connectivity index (χ0n) is 12.8. The number of amides is 1. The number of methoxy groups -OCH3 is 1. The van der Waals surface area contributed by atoms with Crippen LogP contribution in [0.25, 0.3) is 0 Å². The highest BCUT2D eigenvalue weighted by molar-refractivity contribution is 9.10. The van der Waals surface area contributed by atoms with E-state index in [0.29, 0.717) is 18.7 Å². The van der Waals surface area contributed by atoms with Crippen molar-refractivity contribution in [3.05, 3.63) is 22.2 Å². The average Bonchev–Trinajstić information content (AvgIpc) is 2.30. The summed E-state index contributed by atoms with van der Waals surface area (Å²) in [4.78, 5) is 12.0. The normalized spacial score (nSPS) is 11.3. The van der Waals surface area contributed by atoms with Gasteiger partial charge in [0.25, 0.3) is 0 Å². The summed E-state index contributed by atoms with van der Waals surface area (Å²) in [5, 5.41) is 6.21. The van der Waals surface area contributed by atoms with Crippen molar-refractivity contribution in [3.8, 4) is 5.75 Å². The van der Waals surface area contributed by atoms with Crippen LogP contribution in [0.5, 0.6) is 5.75 Å². The van der Waals surface area contributed by atoms with Gasteiger partial charge in [-0.2, -0.15) is 0 Å². The van der Waals surface area contributed by atoms with Crippen LogP contribution < -0.4 is 15.4 Å². The Kier molecular flexibility index (Phi) is 6.02. The number of anilines is 1. The summed E-state index contributed by atoms with van der Waals surface area (Å²) < 4.78 is 6.24. The van der Waals surface area contributed by atoms with Crippen molar-refractivity contribution in [1.82, 2.24) is 5.32 Å². The standard InChI is InChI=1S/C15H23BrN2O2/c1-10-8-11(16)9-12(20-5)14(10)18-13(19)6-7-17-15(2,3)4/h8-9,17H,6-7H2,1-5H3,(H,18,19). The average molecular weight is 343 g/mol. The number of nitrogens with one attached hydrogen (secondary N) is 2. The van der Waals surface area contributed by atoms with E-state index >= 15 is 0 Å². The largest absolute Gasteiger partial charge is 0.495 e. The van der Waals surface area contributed by atoms with Crippen LogP contribution >= 0.6 is 15.9 Å². The Hall–Kier alpha value is -1.07. The molecule has 1 amide bonds. The molecule has 0 atom stereocenters. The maximum Gasteiger partial charge on any atom is 0.225 e. The number of rotatable bonds is 5. The zero-order valence-corrected chi connectivity index (χ0v) is 14.3. The number of aryl methyl sites for hydroxylation is 1. The highest BCUT2D eigenvalue weighted by Crippen LogP contribution is 2.32. The van der Waals surface area contributed by atoms with Crippen LogP contribution in [-0.4, -0.2) is 25.1 Å². The lowest BCUT2D eigenvalue weighted by atomic mass is 10.1. The molecule has 0 aliphatic heterocycles. The van der Waals surface area contributed by atoms with Gasteiger partial charge < -0.3 is 15.4 Å². The molecular formula is C15H23BrN2O2. The molecule has 1 aromatic carbocycles. The highest BCUT2D eigenvalue weighted by Gasteiger charge is 2.13. The smallest absolute Gasteiger partial charge is 0.225 e. The second-order valence-electron chi connectivity index (χ2n) is 5.77. The van der Waals surface area contributed by atoms with E-state index in [2.05, 4.69) is 47.3 Å². The van der Waals surface area contributed by atoms with E-state index in [0.717, 1.165) is 15.7 Å². The number of ether oxygens (including phenoxy) is 1. The van der Waals surface area contributed by atoms with Crippen LogP contribution in [0.2, 0.25) is 0 Å². The van der Waals surface area contributed by atoms with E-state index in [9.17, 15) is 4.79 Å². The Morgan fingerprint density at radius 3 is 2.55 bits per heavy atom. The summed E-state index contributed by atoms with van der Waals surface area (Å²) >= 11 is 3.42. The van der Waals surface area contributed by atoms with Crippen LogP contribution in [0.3, 0.4) is 0 Å². The van der Waals surface area contributed by atoms with E-state index < -0.39 is 0 Å². The molecule has 0 spiro atoms. The molecule has 0 saturated heterocycles. The Balaban J connectivity index is 2.67. The van der Waals surface area contributed by atoms with Gasteiger partial charge in [-0.05, 0) is 45.4 Å².